The smallest absolute Gasteiger partial charge is 0.115 e. The minimum absolute atomic E-state index is 0.0695. The van der Waals surface area contributed by atoms with Crippen LogP contribution < -0.4 is 0 Å². The Kier molecular flexibility index (Phi) is 3.41. The van der Waals surface area contributed by atoms with E-state index in [2.05, 4.69) is 25.7 Å². The number of rotatable bonds is 4. The largest absolute Gasteiger partial charge is 0.380 e. The maximum atomic E-state index is 14.0. The molecule has 2 heterocycles. The number of fused-ring (bicyclic) bond motifs is 1. The molecule has 3 fully saturated rings. The standard InChI is InChI=1S/C16H28FNO/c1-15(2,3)16-7-6-14(11-19-10-12-4-5-12)18(16)9-13(17)8-16/h12-14H,4-11H2,1-3H3. The van der Waals surface area contributed by atoms with Crippen molar-refractivity contribution in [3.8, 4) is 0 Å². The molecule has 0 aromatic heterocycles. The zero-order valence-electron chi connectivity index (χ0n) is 12.6. The Labute approximate surface area is 116 Å². The Morgan fingerprint density at radius 2 is 1.95 bits per heavy atom. The molecule has 3 atom stereocenters. The first-order chi connectivity index (χ1) is 8.92. The van der Waals surface area contributed by atoms with Crippen LogP contribution in [0, 0.1) is 11.3 Å². The summed E-state index contributed by atoms with van der Waals surface area (Å²) in [6.45, 7) is 9.16. The monoisotopic (exact) mass is 269 g/mol. The Morgan fingerprint density at radius 1 is 1.21 bits per heavy atom. The van der Waals surface area contributed by atoms with Gasteiger partial charge in [0.1, 0.15) is 6.17 Å². The lowest BCUT2D eigenvalue weighted by Gasteiger charge is -2.45. The molecule has 2 aliphatic heterocycles. The summed E-state index contributed by atoms with van der Waals surface area (Å²) >= 11 is 0. The minimum Gasteiger partial charge on any atom is -0.380 e. The van der Waals surface area contributed by atoms with E-state index in [1.807, 2.05) is 0 Å². The molecule has 0 N–H and O–H groups in total. The van der Waals surface area contributed by atoms with Gasteiger partial charge in [-0.1, -0.05) is 20.8 Å². The van der Waals surface area contributed by atoms with E-state index in [4.69, 9.17) is 4.74 Å². The zero-order chi connectivity index (χ0) is 13.7. The van der Waals surface area contributed by atoms with Crippen LogP contribution in [0.15, 0.2) is 0 Å². The van der Waals surface area contributed by atoms with E-state index in [-0.39, 0.29) is 11.0 Å². The second-order valence-corrected chi connectivity index (χ2v) is 7.91. The molecule has 0 spiro atoms. The first kappa shape index (κ1) is 13.8. The molecule has 0 radical (unpaired) electrons. The van der Waals surface area contributed by atoms with Gasteiger partial charge in [0.2, 0.25) is 0 Å². The van der Waals surface area contributed by atoms with E-state index >= 15 is 0 Å². The van der Waals surface area contributed by atoms with Crippen LogP contribution in [0.25, 0.3) is 0 Å². The molecular weight excluding hydrogens is 241 g/mol. The summed E-state index contributed by atoms with van der Waals surface area (Å²) in [5.41, 5.74) is 0.221. The summed E-state index contributed by atoms with van der Waals surface area (Å²) in [7, 11) is 0. The number of hydrogen-bond acceptors (Lipinski definition) is 2. The molecule has 1 saturated carbocycles. The van der Waals surface area contributed by atoms with Crippen molar-refractivity contribution in [3.63, 3.8) is 0 Å². The number of nitrogens with zero attached hydrogens (tertiary/aromatic N) is 1. The van der Waals surface area contributed by atoms with Gasteiger partial charge in [0, 0.05) is 24.7 Å². The van der Waals surface area contributed by atoms with Gasteiger partial charge in [-0.2, -0.15) is 0 Å². The SMILES string of the molecule is CC(C)(C)C12CCC(COCC3CC3)N1CC(F)C2. The summed E-state index contributed by atoms with van der Waals surface area (Å²) in [4.78, 5) is 2.45. The van der Waals surface area contributed by atoms with Gasteiger partial charge in [-0.15, -0.1) is 0 Å². The van der Waals surface area contributed by atoms with Crippen LogP contribution >= 0.6 is 0 Å². The van der Waals surface area contributed by atoms with Crippen LogP contribution in [-0.2, 0) is 4.74 Å². The summed E-state index contributed by atoms with van der Waals surface area (Å²) in [5.74, 6) is 0.821. The van der Waals surface area contributed by atoms with Crippen LogP contribution in [0.3, 0.4) is 0 Å². The fraction of sp³-hybridized carbons (Fsp3) is 1.00. The van der Waals surface area contributed by atoms with Crippen LogP contribution in [0.2, 0.25) is 0 Å². The number of ether oxygens (including phenoxy) is 1. The summed E-state index contributed by atoms with van der Waals surface area (Å²) < 4.78 is 19.8. The summed E-state index contributed by atoms with van der Waals surface area (Å²) in [5, 5.41) is 0. The Morgan fingerprint density at radius 3 is 2.58 bits per heavy atom. The second kappa shape index (κ2) is 4.70. The van der Waals surface area contributed by atoms with Crippen molar-refractivity contribution < 1.29 is 9.13 Å². The van der Waals surface area contributed by atoms with E-state index in [0.29, 0.717) is 12.6 Å². The molecule has 2 nitrogen and oxygen atoms in total. The van der Waals surface area contributed by atoms with Crippen molar-refractivity contribution in [2.45, 2.75) is 70.6 Å². The number of halogens is 1. The minimum atomic E-state index is -0.648. The quantitative estimate of drug-likeness (QED) is 0.775. The Hall–Kier alpha value is -0.150. The van der Waals surface area contributed by atoms with Crippen molar-refractivity contribution in [3.05, 3.63) is 0 Å². The zero-order valence-corrected chi connectivity index (χ0v) is 12.6. The van der Waals surface area contributed by atoms with Gasteiger partial charge in [0.25, 0.3) is 0 Å². The average Bonchev–Trinajstić information content (AvgIpc) is 2.96. The second-order valence-electron chi connectivity index (χ2n) is 7.91. The molecule has 110 valence electrons. The van der Waals surface area contributed by atoms with E-state index in [9.17, 15) is 4.39 Å². The molecule has 0 bridgehead atoms. The van der Waals surface area contributed by atoms with Gasteiger partial charge in [0.05, 0.1) is 6.61 Å². The fourth-order valence-corrected chi connectivity index (χ4v) is 4.18. The van der Waals surface area contributed by atoms with Crippen molar-refractivity contribution in [1.29, 1.82) is 0 Å². The maximum absolute atomic E-state index is 14.0. The van der Waals surface area contributed by atoms with Crippen LogP contribution in [0.4, 0.5) is 4.39 Å². The van der Waals surface area contributed by atoms with E-state index in [1.165, 1.54) is 19.3 Å². The maximum Gasteiger partial charge on any atom is 0.115 e. The fourth-order valence-electron chi connectivity index (χ4n) is 4.18. The lowest BCUT2D eigenvalue weighted by molar-refractivity contribution is 0.00828. The van der Waals surface area contributed by atoms with Crippen molar-refractivity contribution in [1.82, 2.24) is 4.90 Å². The molecule has 0 amide bonds. The lowest BCUT2D eigenvalue weighted by Crippen LogP contribution is -2.52. The molecule has 3 rings (SSSR count). The van der Waals surface area contributed by atoms with Crippen LogP contribution in [0.1, 0.15) is 52.9 Å². The molecule has 0 aromatic rings. The third kappa shape index (κ3) is 2.44. The molecule has 2 saturated heterocycles. The molecular formula is C16H28FNO. The first-order valence-corrected chi connectivity index (χ1v) is 7.91. The van der Waals surface area contributed by atoms with Gasteiger partial charge in [-0.25, -0.2) is 4.39 Å². The number of alkyl halides is 1. The van der Waals surface area contributed by atoms with Crippen molar-refractivity contribution in [2.75, 3.05) is 19.8 Å². The van der Waals surface area contributed by atoms with E-state index in [0.717, 1.165) is 32.0 Å². The highest BCUT2D eigenvalue weighted by molar-refractivity contribution is 5.12. The lowest BCUT2D eigenvalue weighted by atomic mass is 9.71. The van der Waals surface area contributed by atoms with E-state index < -0.39 is 6.17 Å². The highest BCUT2D eigenvalue weighted by Crippen LogP contribution is 2.53. The predicted molar refractivity (Wildman–Crippen MR) is 75.0 cm³/mol. The average molecular weight is 269 g/mol. The molecule has 1 aliphatic carbocycles. The van der Waals surface area contributed by atoms with Gasteiger partial charge in [-0.3, -0.25) is 4.90 Å². The molecule has 3 aliphatic rings. The Bertz CT molecular complexity index is 336. The van der Waals surface area contributed by atoms with Gasteiger partial charge < -0.3 is 4.74 Å². The van der Waals surface area contributed by atoms with Gasteiger partial charge in [-0.05, 0) is 43.4 Å². The predicted octanol–water partition coefficient (Wildman–Crippen LogP) is 3.40. The van der Waals surface area contributed by atoms with Gasteiger partial charge >= 0.3 is 0 Å². The third-order valence-electron chi connectivity index (χ3n) is 5.59. The van der Waals surface area contributed by atoms with Crippen molar-refractivity contribution in [2.24, 2.45) is 11.3 Å². The topological polar surface area (TPSA) is 12.5 Å². The summed E-state index contributed by atoms with van der Waals surface area (Å²) in [6, 6.07) is 0.443. The molecule has 19 heavy (non-hydrogen) atoms. The molecule has 3 unspecified atom stereocenters. The third-order valence-corrected chi connectivity index (χ3v) is 5.59. The highest BCUT2D eigenvalue weighted by atomic mass is 19.1. The summed E-state index contributed by atoms with van der Waals surface area (Å²) in [6.07, 6.45) is 5.06. The molecule has 3 heteroatoms. The molecule has 0 aromatic carbocycles. The van der Waals surface area contributed by atoms with Crippen LogP contribution in [0.5, 0.6) is 0 Å². The first-order valence-electron chi connectivity index (χ1n) is 7.91. The van der Waals surface area contributed by atoms with Gasteiger partial charge in [0.15, 0.2) is 0 Å². The Balaban J connectivity index is 1.65. The number of hydrogen-bond donors (Lipinski definition) is 0. The van der Waals surface area contributed by atoms with Crippen LogP contribution in [-0.4, -0.2) is 42.4 Å². The highest BCUT2D eigenvalue weighted by Gasteiger charge is 2.58. The van der Waals surface area contributed by atoms with Crippen molar-refractivity contribution >= 4 is 0 Å². The van der Waals surface area contributed by atoms with E-state index in [1.54, 1.807) is 0 Å². The normalized spacial score (nSPS) is 39.8.